The van der Waals surface area contributed by atoms with E-state index in [9.17, 15) is 4.79 Å². The minimum Gasteiger partial charge on any atom is -0.326 e. The van der Waals surface area contributed by atoms with Crippen LogP contribution in [0.2, 0.25) is 0 Å². The van der Waals surface area contributed by atoms with Crippen LogP contribution in [0.5, 0.6) is 0 Å². The zero-order valence-corrected chi connectivity index (χ0v) is 13.0. The predicted octanol–water partition coefficient (Wildman–Crippen LogP) is 3.15. The van der Waals surface area contributed by atoms with Crippen molar-refractivity contribution < 1.29 is 4.79 Å². The minimum atomic E-state index is -0.349. The lowest BCUT2D eigenvalue weighted by Crippen LogP contribution is -2.43. The summed E-state index contributed by atoms with van der Waals surface area (Å²) in [5.41, 5.74) is -0.0695. The molecular formula is C15H30N2O. The summed E-state index contributed by atoms with van der Waals surface area (Å²) < 4.78 is 0. The van der Waals surface area contributed by atoms with Gasteiger partial charge < -0.3 is 4.90 Å². The first-order chi connectivity index (χ1) is 8.23. The highest BCUT2D eigenvalue weighted by Gasteiger charge is 2.45. The molecule has 0 aromatic rings. The van der Waals surface area contributed by atoms with Crippen molar-refractivity contribution >= 4 is 5.91 Å². The maximum atomic E-state index is 12.5. The zero-order valence-electron chi connectivity index (χ0n) is 13.0. The van der Waals surface area contributed by atoms with Gasteiger partial charge in [-0.15, -0.1) is 0 Å². The number of nitrogens with zero attached hydrogens (tertiary/aromatic N) is 1. The van der Waals surface area contributed by atoms with Gasteiger partial charge in [0.2, 0.25) is 5.91 Å². The summed E-state index contributed by atoms with van der Waals surface area (Å²) in [4.78, 5) is 14.6. The molecule has 1 fully saturated rings. The van der Waals surface area contributed by atoms with E-state index in [4.69, 9.17) is 0 Å². The molecule has 3 heteroatoms. The van der Waals surface area contributed by atoms with E-state index in [1.165, 1.54) is 0 Å². The molecule has 1 rings (SSSR count). The van der Waals surface area contributed by atoms with Gasteiger partial charge in [0.15, 0.2) is 0 Å². The fourth-order valence-electron chi connectivity index (χ4n) is 2.43. The highest BCUT2D eigenvalue weighted by molar-refractivity contribution is 5.88. The summed E-state index contributed by atoms with van der Waals surface area (Å²) in [5, 5.41) is 3.53. The van der Waals surface area contributed by atoms with E-state index in [1.54, 1.807) is 0 Å². The van der Waals surface area contributed by atoms with Crippen LogP contribution in [-0.2, 0) is 4.79 Å². The van der Waals surface area contributed by atoms with Crippen molar-refractivity contribution in [3.05, 3.63) is 0 Å². The average Bonchev–Trinajstić information content (AvgIpc) is 2.49. The molecule has 0 bridgehead atoms. The lowest BCUT2D eigenvalue weighted by molar-refractivity contribution is -0.133. The number of hydrogen-bond donors (Lipinski definition) is 1. The van der Waals surface area contributed by atoms with Gasteiger partial charge in [0.25, 0.3) is 0 Å². The van der Waals surface area contributed by atoms with Gasteiger partial charge in [-0.25, -0.2) is 0 Å². The molecule has 1 heterocycles. The summed E-state index contributed by atoms with van der Waals surface area (Å²) >= 11 is 0. The summed E-state index contributed by atoms with van der Waals surface area (Å²) in [6.45, 7) is 13.9. The Morgan fingerprint density at radius 1 is 1.33 bits per heavy atom. The molecule has 0 aliphatic carbocycles. The largest absolute Gasteiger partial charge is 0.326 e. The fourth-order valence-corrected chi connectivity index (χ4v) is 2.43. The van der Waals surface area contributed by atoms with E-state index >= 15 is 0 Å². The van der Waals surface area contributed by atoms with Gasteiger partial charge in [-0.3, -0.25) is 10.1 Å². The predicted molar refractivity (Wildman–Crippen MR) is 76.3 cm³/mol. The third kappa shape index (κ3) is 3.47. The van der Waals surface area contributed by atoms with Gasteiger partial charge in [0, 0.05) is 6.54 Å². The van der Waals surface area contributed by atoms with Crippen molar-refractivity contribution in [2.75, 3.05) is 6.54 Å². The first-order valence-corrected chi connectivity index (χ1v) is 7.32. The molecule has 2 unspecified atom stereocenters. The maximum absolute atomic E-state index is 12.5. The Morgan fingerprint density at radius 2 is 1.94 bits per heavy atom. The Morgan fingerprint density at radius 3 is 2.39 bits per heavy atom. The van der Waals surface area contributed by atoms with E-state index in [2.05, 4.69) is 44.8 Å². The highest BCUT2D eigenvalue weighted by Crippen LogP contribution is 2.28. The fraction of sp³-hybridized carbons (Fsp3) is 0.933. The van der Waals surface area contributed by atoms with Gasteiger partial charge in [0.05, 0.1) is 11.7 Å². The maximum Gasteiger partial charge on any atom is 0.243 e. The second kappa shape index (κ2) is 5.60. The summed E-state index contributed by atoms with van der Waals surface area (Å²) in [7, 11) is 0. The Balaban J connectivity index is 2.75. The van der Waals surface area contributed by atoms with Crippen LogP contribution in [0.1, 0.15) is 67.2 Å². The minimum absolute atomic E-state index is 0.231. The molecule has 1 N–H and O–H groups in total. The number of amides is 1. The van der Waals surface area contributed by atoms with E-state index < -0.39 is 0 Å². The average molecular weight is 254 g/mol. The highest BCUT2D eigenvalue weighted by atomic mass is 16.2. The van der Waals surface area contributed by atoms with Crippen molar-refractivity contribution in [3.8, 4) is 0 Å². The van der Waals surface area contributed by atoms with Gasteiger partial charge >= 0.3 is 0 Å². The van der Waals surface area contributed by atoms with E-state index in [0.29, 0.717) is 0 Å². The molecule has 2 atom stereocenters. The lowest BCUT2D eigenvalue weighted by atomic mass is 9.91. The van der Waals surface area contributed by atoms with Crippen LogP contribution >= 0.6 is 0 Å². The molecule has 106 valence electrons. The first kappa shape index (κ1) is 15.5. The SMILES string of the molecule is CCCC1NC(C)(CC)C(=O)N1CCC(C)(C)C. The molecule has 0 spiro atoms. The number of carbonyl (C=O) groups is 1. The molecule has 1 saturated heterocycles. The van der Waals surface area contributed by atoms with Crippen molar-refractivity contribution in [1.82, 2.24) is 10.2 Å². The number of nitrogens with one attached hydrogen (secondary N) is 1. The molecular weight excluding hydrogens is 224 g/mol. The molecule has 1 aliphatic rings. The first-order valence-electron chi connectivity index (χ1n) is 7.32. The van der Waals surface area contributed by atoms with Crippen LogP contribution in [0.25, 0.3) is 0 Å². The van der Waals surface area contributed by atoms with Crippen LogP contribution in [0.3, 0.4) is 0 Å². The van der Waals surface area contributed by atoms with Gasteiger partial charge in [-0.05, 0) is 31.6 Å². The van der Waals surface area contributed by atoms with Crippen LogP contribution in [0, 0.1) is 5.41 Å². The number of rotatable bonds is 5. The quantitative estimate of drug-likeness (QED) is 0.817. The standard InChI is InChI=1S/C15H30N2O/c1-7-9-12-16-15(6,8-2)13(18)17(12)11-10-14(3,4)5/h12,16H,7-11H2,1-6H3. The Kier molecular flexibility index (Phi) is 4.82. The van der Waals surface area contributed by atoms with Crippen LogP contribution in [0.15, 0.2) is 0 Å². The lowest BCUT2D eigenvalue weighted by Gasteiger charge is -2.27. The monoisotopic (exact) mass is 254 g/mol. The normalized spacial score (nSPS) is 29.1. The van der Waals surface area contributed by atoms with E-state index in [0.717, 1.165) is 32.2 Å². The summed E-state index contributed by atoms with van der Waals surface area (Å²) in [5.74, 6) is 0.285. The van der Waals surface area contributed by atoms with Crippen molar-refractivity contribution in [3.63, 3.8) is 0 Å². The number of carbonyl (C=O) groups excluding carboxylic acids is 1. The molecule has 0 radical (unpaired) electrons. The van der Waals surface area contributed by atoms with E-state index in [1.807, 2.05) is 6.92 Å². The third-order valence-electron chi connectivity index (χ3n) is 3.97. The van der Waals surface area contributed by atoms with Gasteiger partial charge in [0.1, 0.15) is 0 Å². The van der Waals surface area contributed by atoms with Crippen molar-refractivity contribution in [1.29, 1.82) is 0 Å². The molecule has 3 nitrogen and oxygen atoms in total. The Bertz CT molecular complexity index is 295. The van der Waals surface area contributed by atoms with Crippen LogP contribution in [-0.4, -0.2) is 29.1 Å². The van der Waals surface area contributed by atoms with Crippen molar-refractivity contribution in [2.45, 2.75) is 78.9 Å². The molecule has 18 heavy (non-hydrogen) atoms. The molecule has 1 aliphatic heterocycles. The van der Waals surface area contributed by atoms with Gasteiger partial charge in [-0.1, -0.05) is 41.0 Å². The topological polar surface area (TPSA) is 32.3 Å². The third-order valence-corrected chi connectivity index (χ3v) is 3.97. The van der Waals surface area contributed by atoms with Crippen LogP contribution in [0.4, 0.5) is 0 Å². The molecule has 0 aromatic heterocycles. The van der Waals surface area contributed by atoms with Crippen LogP contribution < -0.4 is 5.32 Å². The summed E-state index contributed by atoms with van der Waals surface area (Å²) in [6, 6.07) is 0. The zero-order chi connectivity index (χ0) is 14.0. The van der Waals surface area contributed by atoms with Gasteiger partial charge in [-0.2, -0.15) is 0 Å². The second-order valence-corrected chi connectivity index (χ2v) is 6.94. The summed E-state index contributed by atoms with van der Waals surface area (Å²) in [6.07, 6.45) is 4.30. The van der Waals surface area contributed by atoms with Crippen molar-refractivity contribution in [2.24, 2.45) is 5.41 Å². The second-order valence-electron chi connectivity index (χ2n) is 6.94. The molecule has 0 aromatic carbocycles. The Labute approximate surface area is 112 Å². The molecule has 1 amide bonds. The van der Waals surface area contributed by atoms with E-state index in [-0.39, 0.29) is 23.0 Å². The molecule has 0 saturated carbocycles. The number of hydrogen-bond acceptors (Lipinski definition) is 2. The Hall–Kier alpha value is -0.570. The smallest absolute Gasteiger partial charge is 0.243 e.